The van der Waals surface area contributed by atoms with Crippen LogP contribution in [0, 0.1) is 19.8 Å². The van der Waals surface area contributed by atoms with E-state index in [0.29, 0.717) is 12.0 Å². The van der Waals surface area contributed by atoms with E-state index in [2.05, 4.69) is 52.1 Å². The number of aryl methyl sites for hydroxylation is 2. The SMILES string of the molecule is CCCNC(CC(C)C)c1cc(C)c(C)cc1Cl. The second kappa shape index (κ2) is 7.16. The molecule has 1 nitrogen and oxygen atoms in total. The summed E-state index contributed by atoms with van der Waals surface area (Å²) in [5.41, 5.74) is 3.84. The van der Waals surface area contributed by atoms with Gasteiger partial charge in [-0.1, -0.05) is 38.4 Å². The van der Waals surface area contributed by atoms with E-state index in [4.69, 9.17) is 11.6 Å². The lowest BCUT2D eigenvalue weighted by Gasteiger charge is -2.23. The summed E-state index contributed by atoms with van der Waals surface area (Å²) in [6, 6.07) is 4.71. The molecule has 0 spiro atoms. The van der Waals surface area contributed by atoms with Crippen LogP contribution in [0.15, 0.2) is 12.1 Å². The summed E-state index contributed by atoms with van der Waals surface area (Å²) < 4.78 is 0. The molecule has 0 aromatic heterocycles. The molecule has 1 aromatic carbocycles. The number of benzene rings is 1. The molecule has 0 fully saturated rings. The Morgan fingerprint density at radius 3 is 2.33 bits per heavy atom. The first-order chi connectivity index (χ1) is 8.45. The highest BCUT2D eigenvalue weighted by Gasteiger charge is 2.16. The number of hydrogen-bond donors (Lipinski definition) is 1. The summed E-state index contributed by atoms with van der Waals surface area (Å²) in [5, 5.41) is 4.52. The van der Waals surface area contributed by atoms with Crippen molar-refractivity contribution in [2.75, 3.05) is 6.54 Å². The van der Waals surface area contributed by atoms with Crippen LogP contribution < -0.4 is 5.32 Å². The first-order valence-corrected chi connectivity index (χ1v) is 7.33. The summed E-state index contributed by atoms with van der Waals surface area (Å²) in [5.74, 6) is 0.664. The standard InChI is InChI=1S/C16H26ClN/c1-6-7-18-16(8-11(2)3)14-9-12(4)13(5)10-15(14)17/h9-11,16,18H,6-8H2,1-5H3. The number of halogens is 1. The molecule has 0 aliphatic carbocycles. The third kappa shape index (κ3) is 4.29. The average Bonchev–Trinajstić information content (AvgIpc) is 2.29. The van der Waals surface area contributed by atoms with Gasteiger partial charge >= 0.3 is 0 Å². The maximum absolute atomic E-state index is 6.42. The molecule has 0 aliphatic heterocycles. The molecule has 0 saturated carbocycles. The fourth-order valence-corrected chi connectivity index (χ4v) is 2.53. The minimum atomic E-state index is 0.372. The van der Waals surface area contributed by atoms with Gasteiger partial charge in [0.05, 0.1) is 0 Å². The highest BCUT2D eigenvalue weighted by Crippen LogP contribution is 2.30. The largest absolute Gasteiger partial charge is 0.310 e. The van der Waals surface area contributed by atoms with Gasteiger partial charge in [0, 0.05) is 11.1 Å². The Morgan fingerprint density at radius 1 is 1.17 bits per heavy atom. The topological polar surface area (TPSA) is 12.0 Å². The molecular formula is C16H26ClN. The quantitative estimate of drug-likeness (QED) is 0.761. The van der Waals surface area contributed by atoms with E-state index in [9.17, 15) is 0 Å². The van der Waals surface area contributed by atoms with Gasteiger partial charge in [0.1, 0.15) is 0 Å². The summed E-state index contributed by atoms with van der Waals surface area (Å²) in [7, 11) is 0. The molecule has 18 heavy (non-hydrogen) atoms. The molecule has 0 bridgehead atoms. The van der Waals surface area contributed by atoms with Gasteiger partial charge in [0.25, 0.3) is 0 Å². The molecular weight excluding hydrogens is 242 g/mol. The van der Waals surface area contributed by atoms with Gasteiger partial charge in [-0.15, -0.1) is 0 Å². The zero-order chi connectivity index (χ0) is 13.7. The Hall–Kier alpha value is -0.530. The van der Waals surface area contributed by atoms with Crippen molar-refractivity contribution in [1.29, 1.82) is 0 Å². The van der Waals surface area contributed by atoms with Crippen LogP contribution in [0.25, 0.3) is 0 Å². The summed E-state index contributed by atoms with van der Waals surface area (Å²) in [4.78, 5) is 0. The average molecular weight is 268 g/mol. The Morgan fingerprint density at radius 2 is 1.78 bits per heavy atom. The molecule has 1 N–H and O–H groups in total. The van der Waals surface area contributed by atoms with Crippen molar-refractivity contribution in [1.82, 2.24) is 5.32 Å². The van der Waals surface area contributed by atoms with Gasteiger partial charge in [-0.25, -0.2) is 0 Å². The predicted molar refractivity (Wildman–Crippen MR) is 81.4 cm³/mol. The Balaban J connectivity index is 2.99. The molecule has 1 rings (SSSR count). The van der Waals surface area contributed by atoms with E-state index in [-0.39, 0.29) is 0 Å². The minimum Gasteiger partial charge on any atom is -0.310 e. The molecule has 0 amide bonds. The second-order valence-electron chi connectivity index (χ2n) is 5.59. The van der Waals surface area contributed by atoms with E-state index < -0.39 is 0 Å². The van der Waals surface area contributed by atoms with E-state index >= 15 is 0 Å². The molecule has 102 valence electrons. The smallest absolute Gasteiger partial charge is 0.0456 e. The van der Waals surface area contributed by atoms with E-state index in [1.807, 2.05) is 0 Å². The molecule has 0 aliphatic rings. The van der Waals surface area contributed by atoms with E-state index in [1.165, 1.54) is 16.7 Å². The van der Waals surface area contributed by atoms with Crippen LogP contribution in [0.4, 0.5) is 0 Å². The predicted octanol–water partition coefficient (Wildman–Crippen LogP) is 5.04. The molecule has 1 unspecified atom stereocenters. The van der Waals surface area contributed by atoms with Crippen LogP contribution >= 0.6 is 11.6 Å². The molecule has 1 aromatic rings. The first kappa shape index (κ1) is 15.5. The molecule has 0 heterocycles. The van der Waals surface area contributed by atoms with Crippen LogP contribution in [0.2, 0.25) is 5.02 Å². The minimum absolute atomic E-state index is 0.372. The van der Waals surface area contributed by atoms with Crippen molar-refractivity contribution < 1.29 is 0 Å². The molecule has 0 radical (unpaired) electrons. The fraction of sp³-hybridized carbons (Fsp3) is 0.625. The maximum atomic E-state index is 6.42. The summed E-state index contributed by atoms with van der Waals surface area (Å²) in [6.07, 6.45) is 2.28. The van der Waals surface area contributed by atoms with Crippen LogP contribution in [0.3, 0.4) is 0 Å². The molecule has 0 saturated heterocycles. The fourth-order valence-electron chi connectivity index (χ4n) is 2.18. The lowest BCUT2D eigenvalue weighted by molar-refractivity contribution is 0.430. The lowest BCUT2D eigenvalue weighted by atomic mass is 9.94. The lowest BCUT2D eigenvalue weighted by Crippen LogP contribution is -2.24. The number of hydrogen-bond acceptors (Lipinski definition) is 1. The van der Waals surface area contributed by atoms with Gasteiger partial charge < -0.3 is 5.32 Å². The normalized spacial score (nSPS) is 13.1. The van der Waals surface area contributed by atoms with Crippen LogP contribution in [-0.4, -0.2) is 6.54 Å². The highest BCUT2D eigenvalue weighted by molar-refractivity contribution is 6.31. The zero-order valence-electron chi connectivity index (χ0n) is 12.3. The van der Waals surface area contributed by atoms with Crippen molar-refractivity contribution >= 4 is 11.6 Å². The van der Waals surface area contributed by atoms with Gasteiger partial charge in [-0.3, -0.25) is 0 Å². The van der Waals surface area contributed by atoms with Gasteiger partial charge in [0.15, 0.2) is 0 Å². The van der Waals surface area contributed by atoms with Crippen molar-refractivity contribution in [3.05, 3.63) is 33.8 Å². The Labute approximate surface area is 117 Å². The van der Waals surface area contributed by atoms with E-state index in [1.54, 1.807) is 0 Å². The zero-order valence-corrected chi connectivity index (χ0v) is 13.1. The Kier molecular flexibility index (Phi) is 6.17. The van der Waals surface area contributed by atoms with Crippen molar-refractivity contribution in [2.24, 2.45) is 5.92 Å². The second-order valence-corrected chi connectivity index (χ2v) is 6.00. The maximum Gasteiger partial charge on any atom is 0.0456 e. The van der Waals surface area contributed by atoms with Gasteiger partial charge in [-0.05, 0) is 61.9 Å². The van der Waals surface area contributed by atoms with Gasteiger partial charge in [0.2, 0.25) is 0 Å². The Bertz CT molecular complexity index is 385. The highest BCUT2D eigenvalue weighted by atomic mass is 35.5. The summed E-state index contributed by atoms with van der Waals surface area (Å²) in [6.45, 7) is 12.0. The van der Waals surface area contributed by atoms with Crippen molar-refractivity contribution in [3.8, 4) is 0 Å². The third-order valence-electron chi connectivity index (χ3n) is 3.34. The monoisotopic (exact) mass is 267 g/mol. The van der Waals surface area contributed by atoms with Crippen molar-refractivity contribution in [3.63, 3.8) is 0 Å². The van der Waals surface area contributed by atoms with Gasteiger partial charge in [-0.2, -0.15) is 0 Å². The van der Waals surface area contributed by atoms with E-state index in [0.717, 1.165) is 24.4 Å². The number of rotatable bonds is 6. The number of nitrogens with one attached hydrogen (secondary N) is 1. The van der Waals surface area contributed by atoms with Crippen LogP contribution in [0.1, 0.15) is 56.3 Å². The molecule has 2 heteroatoms. The summed E-state index contributed by atoms with van der Waals surface area (Å²) >= 11 is 6.42. The third-order valence-corrected chi connectivity index (χ3v) is 3.66. The molecule has 1 atom stereocenters. The first-order valence-electron chi connectivity index (χ1n) is 6.95. The van der Waals surface area contributed by atoms with Crippen LogP contribution in [0.5, 0.6) is 0 Å². The van der Waals surface area contributed by atoms with Crippen molar-refractivity contribution in [2.45, 2.75) is 53.5 Å². The van der Waals surface area contributed by atoms with Crippen LogP contribution in [-0.2, 0) is 0 Å².